The summed E-state index contributed by atoms with van der Waals surface area (Å²) < 4.78 is 25.8. The number of para-hydroxylation sites is 1. The Morgan fingerprint density at radius 3 is 2.65 bits per heavy atom. The fourth-order valence-electron chi connectivity index (χ4n) is 5.69. The number of aromatic nitrogens is 3. The van der Waals surface area contributed by atoms with E-state index in [1.165, 1.54) is 0 Å². The second kappa shape index (κ2) is 9.24. The molecular formula is C28H32ClN3O4S. The van der Waals surface area contributed by atoms with Crippen molar-refractivity contribution >= 4 is 50.0 Å². The molecule has 1 N–H and O–H groups in total. The van der Waals surface area contributed by atoms with E-state index in [-0.39, 0.29) is 28.9 Å². The van der Waals surface area contributed by atoms with Gasteiger partial charge in [-0.25, -0.2) is 22.9 Å². The average Bonchev–Trinajstić information content (AvgIpc) is 3.35. The summed E-state index contributed by atoms with van der Waals surface area (Å²) in [5.74, 6) is -0.561. The summed E-state index contributed by atoms with van der Waals surface area (Å²) >= 11 is 6.83. The van der Waals surface area contributed by atoms with Crippen molar-refractivity contribution in [1.82, 2.24) is 14.8 Å². The van der Waals surface area contributed by atoms with E-state index >= 15 is 0 Å². The first kappa shape index (κ1) is 25.9. The van der Waals surface area contributed by atoms with Gasteiger partial charge in [0.2, 0.25) is 0 Å². The highest BCUT2D eigenvalue weighted by atomic mass is 35.5. The second-order valence-corrected chi connectivity index (χ2v) is 13.6. The molecule has 2 aliphatic rings. The minimum atomic E-state index is -3.09. The Morgan fingerprint density at radius 1 is 1.27 bits per heavy atom. The third-order valence-electron chi connectivity index (χ3n) is 8.39. The summed E-state index contributed by atoms with van der Waals surface area (Å²) in [6.07, 6.45) is 4.81. The molecule has 3 heterocycles. The van der Waals surface area contributed by atoms with Crippen LogP contribution in [0.4, 0.5) is 0 Å². The third-order valence-corrected chi connectivity index (χ3v) is 10.5. The Morgan fingerprint density at radius 2 is 2.00 bits per heavy atom. The van der Waals surface area contributed by atoms with Crippen molar-refractivity contribution in [3.63, 3.8) is 0 Å². The van der Waals surface area contributed by atoms with Gasteiger partial charge in [0.25, 0.3) is 0 Å². The van der Waals surface area contributed by atoms with Crippen LogP contribution < -0.4 is 0 Å². The van der Waals surface area contributed by atoms with Gasteiger partial charge in [-0.3, -0.25) is 0 Å². The van der Waals surface area contributed by atoms with Gasteiger partial charge in [-0.15, -0.1) is 0 Å². The molecule has 3 aromatic rings. The SMILES string of the molecule is CCC(C)(C)C1C/C(=C\c2c(C)nn(C3CCS(=O)(=O)C3)c2Cl)c2nc3ccccc3c(C(=O)O)c2C1. The van der Waals surface area contributed by atoms with Crippen LogP contribution in [0.3, 0.4) is 0 Å². The number of rotatable bonds is 5. The van der Waals surface area contributed by atoms with Crippen molar-refractivity contribution in [2.45, 2.75) is 59.4 Å². The lowest BCUT2D eigenvalue weighted by molar-refractivity contribution is 0.0696. The number of carboxylic acids is 1. The molecule has 2 unspecified atom stereocenters. The number of aryl methyl sites for hydroxylation is 1. The van der Waals surface area contributed by atoms with Gasteiger partial charge in [0, 0.05) is 10.9 Å². The van der Waals surface area contributed by atoms with Gasteiger partial charge in [-0.05, 0) is 60.8 Å². The summed E-state index contributed by atoms with van der Waals surface area (Å²) in [5.41, 5.74) is 4.78. The number of fused-ring (bicyclic) bond motifs is 2. The molecule has 1 aliphatic heterocycles. The topological polar surface area (TPSA) is 102 Å². The van der Waals surface area contributed by atoms with Gasteiger partial charge in [0.05, 0.1) is 40.0 Å². The fourth-order valence-corrected chi connectivity index (χ4v) is 7.75. The van der Waals surface area contributed by atoms with E-state index in [4.69, 9.17) is 16.6 Å². The van der Waals surface area contributed by atoms with Crippen LogP contribution in [-0.4, -0.2) is 45.8 Å². The molecule has 1 saturated heterocycles. The summed E-state index contributed by atoms with van der Waals surface area (Å²) in [7, 11) is -3.09. The molecule has 0 radical (unpaired) electrons. The number of halogens is 1. The van der Waals surface area contributed by atoms with E-state index in [1.807, 2.05) is 37.3 Å². The van der Waals surface area contributed by atoms with E-state index in [9.17, 15) is 18.3 Å². The predicted octanol–water partition coefficient (Wildman–Crippen LogP) is 5.99. The third kappa shape index (κ3) is 4.59. The number of carbonyl (C=O) groups is 1. The lowest BCUT2D eigenvalue weighted by Gasteiger charge is -2.38. The maximum absolute atomic E-state index is 12.6. The van der Waals surface area contributed by atoms with Gasteiger partial charge < -0.3 is 5.11 Å². The molecule has 0 amide bonds. The maximum atomic E-state index is 12.6. The van der Waals surface area contributed by atoms with Crippen LogP contribution in [0, 0.1) is 18.3 Å². The largest absolute Gasteiger partial charge is 0.478 e. The molecule has 5 rings (SSSR count). The molecule has 37 heavy (non-hydrogen) atoms. The van der Waals surface area contributed by atoms with Crippen LogP contribution in [0.1, 0.15) is 78.9 Å². The Bertz CT molecular complexity index is 1560. The Labute approximate surface area is 222 Å². The molecular weight excluding hydrogens is 510 g/mol. The predicted molar refractivity (Wildman–Crippen MR) is 147 cm³/mol. The first-order valence-corrected chi connectivity index (χ1v) is 14.9. The van der Waals surface area contributed by atoms with Crippen molar-refractivity contribution < 1.29 is 18.3 Å². The van der Waals surface area contributed by atoms with E-state index in [1.54, 1.807) is 4.68 Å². The second-order valence-electron chi connectivity index (χ2n) is 11.0. The van der Waals surface area contributed by atoms with Crippen molar-refractivity contribution in [3.8, 4) is 0 Å². The van der Waals surface area contributed by atoms with E-state index in [0.29, 0.717) is 45.8 Å². The van der Waals surface area contributed by atoms with Gasteiger partial charge in [0.1, 0.15) is 5.15 Å². The van der Waals surface area contributed by atoms with E-state index in [0.717, 1.165) is 29.5 Å². The highest BCUT2D eigenvalue weighted by Crippen LogP contribution is 2.46. The number of pyridine rings is 1. The summed E-state index contributed by atoms with van der Waals surface area (Å²) in [6.45, 7) is 8.49. The first-order chi connectivity index (χ1) is 17.4. The van der Waals surface area contributed by atoms with E-state index in [2.05, 4.69) is 25.9 Å². The fraction of sp³-hybridized carbons (Fsp3) is 0.464. The number of hydrogen-bond acceptors (Lipinski definition) is 5. The maximum Gasteiger partial charge on any atom is 0.336 e. The van der Waals surface area contributed by atoms with Gasteiger partial charge in [0.15, 0.2) is 9.84 Å². The van der Waals surface area contributed by atoms with Crippen LogP contribution in [0.25, 0.3) is 22.6 Å². The molecule has 2 atom stereocenters. The number of carboxylic acid groups (broad SMARTS) is 1. The van der Waals surface area contributed by atoms with Crippen molar-refractivity contribution in [2.24, 2.45) is 11.3 Å². The molecule has 7 nitrogen and oxygen atoms in total. The average molecular weight is 542 g/mol. The van der Waals surface area contributed by atoms with Crippen LogP contribution in [0.2, 0.25) is 5.15 Å². The molecule has 1 fully saturated rings. The Hall–Kier alpha value is -2.71. The summed E-state index contributed by atoms with van der Waals surface area (Å²) in [6, 6.07) is 7.10. The molecule has 0 bridgehead atoms. The standard InChI is InChI=1S/C28H32ClN3O4S/c1-5-28(3,4)18-12-17(13-21-16(2)31-32(26(21)29)19-10-11-37(35,36)15-19)25-22(14-18)24(27(33)34)20-8-6-7-9-23(20)30-25/h6-9,13,18-19H,5,10-12,14-15H2,1-4H3,(H,33,34)/b17-13+. The zero-order valence-electron chi connectivity index (χ0n) is 21.6. The van der Waals surface area contributed by atoms with Crippen molar-refractivity contribution in [1.29, 1.82) is 0 Å². The Balaban J connectivity index is 1.71. The molecule has 0 saturated carbocycles. The highest BCUT2D eigenvalue weighted by Gasteiger charge is 2.37. The molecule has 1 aromatic carbocycles. The first-order valence-electron chi connectivity index (χ1n) is 12.7. The zero-order chi connectivity index (χ0) is 26.7. The summed E-state index contributed by atoms with van der Waals surface area (Å²) in [5, 5.41) is 16.0. The number of nitrogens with zero attached hydrogens (tertiary/aromatic N) is 3. The lowest BCUT2D eigenvalue weighted by atomic mass is 9.67. The minimum Gasteiger partial charge on any atom is -0.478 e. The highest BCUT2D eigenvalue weighted by molar-refractivity contribution is 7.91. The molecule has 9 heteroatoms. The molecule has 0 spiro atoms. The van der Waals surface area contributed by atoms with Gasteiger partial charge in [-0.1, -0.05) is 57.0 Å². The Kier molecular flexibility index (Phi) is 6.47. The summed E-state index contributed by atoms with van der Waals surface area (Å²) in [4.78, 5) is 17.5. The quantitative estimate of drug-likeness (QED) is 0.425. The minimum absolute atomic E-state index is 0.0145. The van der Waals surface area contributed by atoms with Crippen LogP contribution in [-0.2, 0) is 16.3 Å². The van der Waals surface area contributed by atoms with Crippen LogP contribution >= 0.6 is 11.6 Å². The number of allylic oxidation sites excluding steroid dienone is 1. The van der Waals surface area contributed by atoms with Crippen LogP contribution in [0.15, 0.2) is 24.3 Å². The van der Waals surface area contributed by atoms with E-state index < -0.39 is 15.8 Å². The van der Waals surface area contributed by atoms with Crippen LogP contribution in [0.5, 0.6) is 0 Å². The smallest absolute Gasteiger partial charge is 0.336 e. The monoisotopic (exact) mass is 541 g/mol. The van der Waals surface area contributed by atoms with Crippen molar-refractivity contribution in [3.05, 3.63) is 57.5 Å². The van der Waals surface area contributed by atoms with Crippen molar-refractivity contribution in [2.75, 3.05) is 11.5 Å². The number of aromatic carboxylic acids is 1. The van der Waals surface area contributed by atoms with Gasteiger partial charge in [-0.2, -0.15) is 5.10 Å². The number of sulfone groups is 1. The number of hydrogen-bond donors (Lipinski definition) is 1. The number of benzene rings is 1. The van der Waals surface area contributed by atoms with Gasteiger partial charge >= 0.3 is 5.97 Å². The molecule has 1 aliphatic carbocycles. The normalized spacial score (nSPS) is 22.5. The zero-order valence-corrected chi connectivity index (χ0v) is 23.2. The molecule has 196 valence electrons. The lowest BCUT2D eigenvalue weighted by Crippen LogP contribution is -2.30. The molecule has 2 aromatic heterocycles.